The van der Waals surface area contributed by atoms with Crippen molar-refractivity contribution in [3.05, 3.63) is 108 Å². The minimum Gasteiger partial charge on any atom is -0.451 e. The maximum atomic E-state index is 13.0. The molecule has 1 aliphatic heterocycles. The maximum Gasteiger partial charge on any atom is 0.340 e. The first-order valence-corrected chi connectivity index (χ1v) is 11.4. The number of esters is 3. The van der Waals surface area contributed by atoms with Gasteiger partial charge in [-0.25, -0.2) is 14.4 Å². The second kappa shape index (κ2) is 10.5. The number of ether oxygens (including phenoxy) is 4. The molecule has 0 radical (unpaired) electrons. The smallest absolute Gasteiger partial charge is 0.340 e. The molecule has 1 heterocycles. The summed E-state index contributed by atoms with van der Waals surface area (Å²) in [7, 11) is 0. The van der Waals surface area contributed by atoms with Crippen LogP contribution in [0.4, 0.5) is 0 Å². The minimum atomic E-state index is -1.61. The molecule has 4 atom stereocenters. The van der Waals surface area contributed by atoms with E-state index in [1.54, 1.807) is 97.9 Å². The van der Waals surface area contributed by atoms with Gasteiger partial charge in [-0.05, 0) is 49.7 Å². The minimum absolute atomic E-state index is 0.301. The molecular formula is C28H26O7. The molecule has 1 fully saturated rings. The fourth-order valence-electron chi connectivity index (χ4n) is 3.95. The van der Waals surface area contributed by atoms with Crippen molar-refractivity contribution in [3.63, 3.8) is 0 Å². The van der Waals surface area contributed by atoms with Crippen molar-refractivity contribution in [1.29, 1.82) is 0 Å². The Bertz CT molecular complexity index is 1160. The molecule has 0 bridgehead atoms. The van der Waals surface area contributed by atoms with Gasteiger partial charge in [-0.2, -0.15) is 0 Å². The molecule has 0 aliphatic carbocycles. The van der Waals surface area contributed by atoms with E-state index in [9.17, 15) is 14.4 Å². The molecule has 0 amide bonds. The molecular weight excluding hydrogens is 448 g/mol. The van der Waals surface area contributed by atoms with E-state index in [2.05, 4.69) is 0 Å². The van der Waals surface area contributed by atoms with E-state index in [0.717, 1.165) is 0 Å². The van der Waals surface area contributed by atoms with Crippen LogP contribution in [0.15, 0.2) is 91.0 Å². The third-order valence-corrected chi connectivity index (χ3v) is 5.86. The molecule has 0 saturated carbocycles. The van der Waals surface area contributed by atoms with Gasteiger partial charge in [0.05, 0.1) is 16.7 Å². The zero-order chi connectivity index (χ0) is 24.8. The van der Waals surface area contributed by atoms with Crippen LogP contribution >= 0.6 is 0 Å². The Morgan fingerprint density at radius 3 is 1.60 bits per heavy atom. The highest BCUT2D eigenvalue weighted by molar-refractivity contribution is 5.91. The summed E-state index contributed by atoms with van der Waals surface area (Å²) < 4.78 is 23.4. The van der Waals surface area contributed by atoms with E-state index >= 15 is 0 Å². The van der Waals surface area contributed by atoms with Gasteiger partial charge in [0.2, 0.25) is 11.9 Å². The standard InChI is InChI=1S/C28H26O7/c1-3-22-23(33-24(29)19-13-7-4-8-14-19)28(2,35-26(31)21-17-11-6-12-18-21)27(32-22)34-25(30)20-15-9-5-10-16-20/h4-18,22-23,27H,3H2,1-2H3/t22-,23+,27?,28?/m1/s1. The van der Waals surface area contributed by atoms with E-state index < -0.39 is 42.0 Å². The van der Waals surface area contributed by atoms with E-state index in [-0.39, 0.29) is 0 Å². The van der Waals surface area contributed by atoms with Crippen LogP contribution in [0.5, 0.6) is 0 Å². The van der Waals surface area contributed by atoms with E-state index in [1.807, 2.05) is 6.92 Å². The molecule has 7 nitrogen and oxygen atoms in total. The summed E-state index contributed by atoms with van der Waals surface area (Å²) in [4.78, 5) is 38.8. The van der Waals surface area contributed by atoms with Gasteiger partial charge >= 0.3 is 17.9 Å². The number of hydrogen-bond donors (Lipinski definition) is 0. The van der Waals surface area contributed by atoms with Crippen molar-refractivity contribution in [2.24, 2.45) is 0 Å². The van der Waals surface area contributed by atoms with Crippen molar-refractivity contribution in [1.82, 2.24) is 0 Å². The summed E-state index contributed by atoms with van der Waals surface area (Å²) >= 11 is 0. The van der Waals surface area contributed by atoms with Gasteiger partial charge in [0.25, 0.3) is 0 Å². The van der Waals surface area contributed by atoms with Crippen molar-refractivity contribution >= 4 is 17.9 Å². The van der Waals surface area contributed by atoms with E-state index in [1.165, 1.54) is 0 Å². The van der Waals surface area contributed by atoms with Crippen LogP contribution in [0, 0.1) is 0 Å². The average molecular weight is 475 g/mol. The fourth-order valence-corrected chi connectivity index (χ4v) is 3.95. The number of rotatable bonds is 7. The van der Waals surface area contributed by atoms with Gasteiger partial charge in [-0.1, -0.05) is 61.5 Å². The topological polar surface area (TPSA) is 88.1 Å². The highest BCUT2D eigenvalue weighted by Crippen LogP contribution is 2.40. The summed E-state index contributed by atoms with van der Waals surface area (Å²) in [5.74, 6) is -1.91. The highest BCUT2D eigenvalue weighted by Gasteiger charge is 2.60. The zero-order valence-electron chi connectivity index (χ0n) is 19.5. The van der Waals surface area contributed by atoms with Crippen LogP contribution in [-0.4, -0.2) is 42.0 Å². The lowest BCUT2D eigenvalue weighted by Crippen LogP contribution is -2.52. The van der Waals surface area contributed by atoms with Crippen molar-refractivity contribution in [2.75, 3.05) is 0 Å². The Morgan fingerprint density at radius 2 is 1.14 bits per heavy atom. The van der Waals surface area contributed by atoms with Crippen LogP contribution in [0.1, 0.15) is 51.3 Å². The van der Waals surface area contributed by atoms with Crippen molar-refractivity contribution in [2.45, 2.75) is 44.4 Å². The molecule has 4 rings (SSSR count). The molecule has 35 heavy (non-hydrogen) atoms. The summed E-state index contributed by atoms with van der Waals surface area (Å²) in [5, 5.41) is 0. The van der Waals surface area contributed by atoms with Crippen molar-refractivity contribution in [3.8, 4) is 0 Å². The van der Waals surface area contributed by atoms with Gasteiger partial charge in [-0.3, -0.25) is 0 Å². The third-order valence-electron chi connectivity index (χ3n) is 5.86. The van der Waals surface area contributed by atoms with Crippen LogP contribution in [0.3, 0.4) is 0 Å². The lowest BCUT2D eigenvalue weighted by molar-refractivity contribution is -0.173. The molecule has 0 spiro atoms. The van der Waals surface area contributed by atoms with Crippen LogP contribution < -0.4 is 0 Å². The van der Waals surface area contributed by atoms with Gasteiger partial charge in [0.1, 0.15) is 6.10 Å². The monoisotopic (exact) mass is 474 g/mol. The van der Waals surface area contributed by atoms with Gasteiger partial charge in [-0.15, -0.1) is 0 Å². The summed E-state index contributed by atoms with van der Waals surface area (Å²) in [5.41, 5.74) is -0.660. The predicted octanol–water partition coefficient (Wildman–Crippen LogP) is 4.82. The second-order valence-electron chi connectivity index (χ2n) is 8.32. The van der Waals surface area contributed by atoms with Gasteiger partial charge < -0.3 is 18.9 Å². The van der Waals surface area contributed by atoms with Crippen LogP contribution in [0.2, 0.25) is 0 Å². The largest absolute Gasteiger partial charge is 0.451 e. The van der Waals surface area contributed by atoms with E-state index in [0.29, 0.717) is 23.1 Å². The molecule has 1 saturated heterocycles. The van der Waals surface area contributed by atoms with Crippen LogP contribution in [0.25, 0.3) is 0 Å². The zero-order valence-corrected chi connectivity index (χ0v) is 19.5. The first-order valence-electron chi connectivity index (χ1n) is 11.4. The Kier molecular flexibility index (Phi) is 7.27. The lowest BCUT2D eigenvalue weighted by Gasteiger charge is -2.33. The highest BCUT2D eigenvalue weighted by atomic mass is 16.8. The predicted molar refractivity (Wildman–Crippen MR) is 127 cm³/mol. The molecule has 0 aromatic heterocycles. The summed E-state index contributed by atoms with van der Waals surface area (Å²) in [6, 6.07) is 25.3. The average Bonchev–Trinajstić information content (AvgIpc) is 3.15. The molecule has 180 valence electrons. The first-order chi connectivity index (χ1) is 16.9. The van der Waals surface area contributed by atoms with Crippen molar-refractivity contribution < 1.29 is 33.3 Å². The second-order valence-corrected chi connectivity index (χ2v) is 8.32. The molecule has 2 unspecified atom stereocenters. The quantitative estimate of drug-likeness (QED) is 0.358. The fraction of sp³-hybridized carbons (Fsp3) is 0.250. The molecule has 1 aliphatic rings. The molecule has 3 aromatic carbocycles. The molecule has 3 aromatic rings. The molecule has 0 N–H and O–H groups in total. The van der Waals surface area contributed by atoms with Gasteiger partial charge in [0, 0.05) is 0 Å². The number of benzene rings is 3. The van der Waals surface area contributed by atoms with Gasteiger partial charge in [0.15, 0.2) is 6.10 Å². The Balaban J connectivity index is 1.65. The number of carbonyl (C=O) groups is 3. The maximum absolute atomic E-state index is 13.0. The Hall–Kier alpha value is -3.97. The van der Waals surface area contributed by atoms with Crippen LogP contribution in [-0.2, 0) is 18.9 Å². The number of hydrogen-bond acceptors (Lipinski definition) is 7. The lowest BCUT2D eigenvalue weighted by atomic mass is 9.95. The normalized spacial score (nSPS) is 23.3. The summed E-state index contributed by atoms with van der Waals surface area (Å²) in [6.07, 6.45) is -2.59. The third kappa shape index (κ3) is 5.25. The number of carbonyl (C=O) groups excluding carboxylic acids is 3. The summed E-state index contributed by atoms with van der Waals surface area (Å²) in [6.45, 7) is 3.39. The molecule has 7 heteroatoms. The first kappa shape index (κ1) is 24.2. The Morgan fingerprint density at radius 1 is 0.714 bits per heavy atom. The SMILES string of the molecule is CC[C@H]1OC(OC(=O)c2ccccc2)C(C)(OC(=O)c2ccccc2)[C@H]1OC(=O)c1ccccc1. The van der Waals surface area contributed by atoms with E-state index in [4.69, 9.17) is 18.9 Å². The Labute approximate surface area is 203 Å².